The highest BCUT2D eigenvalue weighted by Gasteiger charge is 2.42. The van der Waals surface area contributed by atoms with E-state index in [0.29, 0.717) is 17.4 Å². The van der Waals surface area contributed by atoms with Gasteiger partial charge >= 0.3 is 0 Å². The van der Waals surface area contributed by atoms with E-state index in [2.05, 4.69) is 12.2 Å². The van der Waals surface area contributed by atoms with Crippen molar-refractivity contribution in [3.63, 3.8) is 0 Å². The van der Waals surface area contributed by atoms with Crippen molar-refractivity contribution in [1.29, 1.82) is 0 Å². The van der Waals surface area contributed by atoms with Crippen molar-refractivity contribution in [3.8, 4) is 0 Å². The Labute approximate surface area is 107 Å². The fourth-order valence-electron chi connectivity index (χ4n) is 2.69. The van der Waals surface area contributed by atoms with Crippen LogP contribution in [0, 0.1) is 5.92 Å². The van der Waals surface area contributed by atoms with E-state index in [-0.39, 0.29) is 5.78 Å². The predicted octanol–water partition coefficient (Wildman–Crippen LogP) is 3.14. The Balaban J connectivity index is 2.45. The van der Waals surface area contributed by atoms with Gasteiger partial charge < -0.3 is 5.32 Å². The highest BCUT2D eigenvalue weighted by molar-refractivity contribution is 6.31. The van der Waals surface area contributed by atoms with Crippen LogP contribution in [0.4, 0.5) is 0 Å². The summed E-state index contributed by atoms with van der Waals surface area (Å²) in [5.41, 5.74) is 0.339. The van der Waals surface area contributed by atoms with Gasteiger partial charge in [0.25, 0.3) is 0 Å². The molecule has 1 aliphatic rings. The van der Waals surface area contributed by atoms with Gasteiger partial charge in [0.05, 0.1) is 0 Å². The molecule has 0 spiro atoms. The summed E-state index contributed by atoms with van der Waals surface area (Å²) in [6, 6.07) is 7.63. The molecular weight excluding hydrogens is 234 g/mol. The first-order valence-corrected chi connectivity index (χ1v) is 6.45. The number of likely N-dealkylation sites (N-methyl/N-ethyl adjacent to an activating group) is 1. The number of carbonyl (C=O) groups excluding carboxylic acids is 1. The molecule has 1 aromatic carbocycles. The Hall–Kier alpha value is -0.860. The molecule has 1 aromatic rings. The van der Waals surface area contributed by atoms with E-state index in [1.54, 1.807) is 0 Å². The molecule has 2 unspecified atom stereocenters. The first kappa shape index (κ1) is 12.6. The van der Waals surface area contributed by atoms with Gasteiger partial charge in [-0.2, -0.15) is 0 Å². The summed E-state index contributed by atoms with van der Waals surface area (Å²) in [5.74, 6) is 0.735. The second-order valence-electron chi connectivity index (χ2n) is 4.91. The Morgan fingerprint density at radius 3 is 2.71 bits per heavy atom. The number of nitrogens with one attached hydrogen (secondary N) is 1. The van der Waals surface area contributed by atoms with Crippen molar-refractivity contribution in [2.75, 3.05) is 7.05 Å². The molecule has 0 heterocycles. The van der Waals surface area contributed by atoms with Crippen molar-refractivity contribution in [3.05, 3.63) is 34.9 Å². The second kappa shape index (κ2) is 4.79. The van der Waals surface area contributed by atoms with E-state index in [1.807, 2.05) is 31.3 Å². The molecule has 0 radical (unpaired) electrons. The smallest absolute Gasteiger partial charge is 0.157 e. The molecule has 0 aromatic heterocycles. The topological polar surface area (TPSA) is 29.1 Å². The van der Waals surface area contributed by atoms with Crippen LogP contribution in [-0.2, 0) is 10.3 Å². The minimum Gasteiger partial charge on any atom is -0.304 e. The van der Waals surface area contributed by atoms with Crippen LogP contribution in [0.5, 0.6) is 0 Å². The molecule has 3 heteroatoms. The third kappa shape index (κ3) is 2.12. The first-order valence-electron chi connectivity index (χ1n) is 6.07. The van der Waals surface area contributed by atoms with E-state index < -0.39 is 5.54 Å². The zero-order chi connectivity index (χ0) is 12.5. The van der Waals surface area contributed by atoms with Crippen LogP contribution in [0.25, 0.3) is 0 Å². The van der Waals surface area contributed by atoms with Crippen molar-refractivity contribution in [2.24, 2.45) is 5.92 Å². The number of benzene rings is 1. The monoisotopic (exact) mass is 251 g/mol. The second-order valence-corrected chi connectivity index (χ2v) is 5.31. The Morgan fingerprint density at radius 1 is 1.41 bits per heavy atom. The summed E-state index contributed by atoms with van der Waals surface area (Å²) in [4.78, 5) is 12.4. The van der Waals surface area contributed by atoms with Crippen LogP contribution in [0.15, 0.2) is 24.3 Å². The lowest BCUT2D eigenvalue weighted by atomic mass is 9.72. The van der Waals surface area contributed by atoms with Gasteiger partial charge in [0.15, 0.2) is 5.78 Å². The number of rotatable bonds is 2. The summed E-state index contributed by atoms with van der Waals surface area (Å²) in [5, 5.41) is 3.88. The molecule has 1 aliphatic carbocycles. The third-order valence-corrected chi connectivity index (χ3v) is 4.11. The van der Waals surface area contributed by atoms with Crippen LogP contribution in [-0.4, -0.2) is 12.8 Å². The molecule has 1 fully saturated rings. The molecule has 0 bridgehead atoms. The third-order valence-electron chi connectivity index (χ3n) is 3.78. The zero-order valence-electron chi connectivity index (χ0n) is 10.3. The van der Waals surface area contributed by atoms with Crippen LogP contribution < -0.4 is 5.32 Å². The summed E-state index contributed by atoms with van der Waals surface area (Å²) >= 11 is 6.24. The van der Waals surface area contributed by atoms with Crippen LogP contribution >= 0.6 is 11.6 Å². The number of halogens is 1. The molecule has 1 N–H and O–H groups in total. The Kier molecular flexibility index (Phi) is 3.55. The molecule has 2 nitrogen and oxygen atoms in total. The van der Waals surface area contributed by atoms with E-state index in [1.165, 1.54) is 0 Å². The van der Waals surface area contributed by atoms with E-state index in [0.717, 1.165) is 18.4 Å². The summed E-state index contributed by atoms with van der Waals surface area (Å²) in [7, 11) is 1.84. The highest BCUT2D eigenvalue weighted by Crippen LogP contribution is 2.39. The summed E-state index contributed by atoms with van der Waals surface area (Å²) in [6.07, 6.45) is 2.51. The molecule has 1 saturated carbocycles. The average molecular weight is 252 g/mol. The summed E-state index contributed by atoms with van der Waals surface area (Å²) in [6.45, 7) is 2.13. The fourth-order valence-corrected chi connectivity index (χ4v) is 2.98. The number of Topliss-reactive ketones (excluding diaryl/α,β-unsaturated/α-hetero) is 1. The number of hydrogen-bond acceptors (Lipinski definition) is 2. The predicted molar refractivity (Wildman–Crippen MR) is 70.2 cm³/mol. The number of hydrogen-bond donors (Lipinski definition) is 1. The lowest BCUT2D eigenvalue weighted by Gasteiger charge is -2.38. The van der Waals surface area contributed by atoms with E-state index >= 15 is 0 Å². The lowest BCUT2D eigenvalue weighted by Crippen LogP contribution is -2.50. The van der Waals surface area contributed by atoms with Crippen molar-refractivity contribution in [2.45, 2.75) is 31.7 Å². The largest absolute Gasteiger partial charge is 0.304 e. The molecule has 2 rings (SSSR count). The molecule has 0 saturated heterocycles. The van der Waals surface area contributed by atoms with Gasteiger partial charge in [-0.1, -0.05) is 36.7 Å². The highest BCUT2D eigenvalue weighted by atomic mass is 35.5. The van der Waals surface area contributed by atoms with Gasteiger partial charge in [-0.05, 0) is 37.4 Å². The maximum Gasteiger partial charge on any atom is 0.157 e. The Bertz CT molecular complexity index is 432. The standard InChI is InChI=1S/C14H18ClNO/c1-10-7-8-14(16-2,13(17)9-10)11-5-3-4-6-12(11)15/h3-6,10,16H,7-9H2,1-2H3. The minimum absolute atomic E-state index is 0.256. The molecule has 0 amide bonds. The molecule has 17 heavy (non-hydrogen) atoms. The van der Waals surface area contributed by atoms with Gasteiger partial charge in [0.2, 0.25) is 0 Å². The minimum atomic E-state index is -0.579. The van der Waals surface area contributed by atoms with Gasteiger partial charge in [-0.3, -0.25) is 4.79 Å². The van der Waals surface area contributed by atoms with Crippen molar-refractivity contribution >= 4 is 17.4 Å². The van der Waals surface area contributed by atoms with Crippen LogP contribution in [0.2, 0.25) is 5.02 Å². The van der Waals surface area contributed by atoms with E-state index in [4.69, 9.17) is 11.6 Å². The fraction of sp³-hybridized carbons (Fsp3) is 0.500. The van der Waals surface area contributed by atoms with Crippen LogP contribution in [0.1, 0.15) is 31.7 Å². The molecule has 2 atom stereocenters. The van der Waals surface area contributed by atoms with E-state index in [9.17, 15) is 4.79 Å². The summed E-state index contributed by atoms with van der Waals surface area (Å²) < 4.78 is 0. The maximum atomic E-state index is 12.4. The number of ketones is 1. The van der Waals surface area contributed by atoms with Gasteiger partial charge in [0, 0.05) is 11.4 Å². The zero-order valence-corrected chi connectivity index (χ0v) is 11.1. The average Bonchev–Trinajstić information content (AvgIpc) is 2.31. The Morgan fingerprint density at radius 2 is 2.12 bits per heavy atom. The molecule has 0 aliphatic heterocycles. The number of carbonyl (C=O) groups is 1. The van der Waals surface area contributed by atoms with Gasteiger partial charge in [-0.15, -0.1) is 0 Å². The van der Waals surface area contributed by atoms with Gasteiger partial charge in [0.1, 0.15) is 5.54 Å². The van der Waals surface area contributed by atoms with Gasteiger partial charge in [-0.25, -0.2) is 0 Å². The van der Waals surface area contributed by atoms with Crippen molar-refractivity contribution in [1.82, 2.24) is 5.32 Å². The van der Waals surface area contributed by atoms with Crippen molar-refractivity contribution < 1.29 is 4.79 Å². The van der Waals surface area contributed by atoms with Crippen LogP contribution in [0.3, 0.4) is 0 Å². The normalized spacial score (nSPS) is 29.4. The lowest BCUT2D eigenvalue weighted by molar-refractivity contribution is -0.129. The first-order chi connectivity index (χ1) is 8.10. The SMILES string of the molecule is CNC1(c2ccccc2Cl)CCC(C)CC1=O. The molecule has 92 valence electrons. The quantitative estimate of drug-likeness (QED) is 0.875. The molecular formula is C14H18ClNO. The maximum absolute atomic E-state index is 12.4.